The molecule has 0 fully saturated rings. The molecule has 1 atom stereocenters. The number of hydrogen-bond donors (Lipinski definition) is 0. The van der Waals surface area contributed by atoms with Crippen LogP contribution in [0.4, 0.5) is 5.69 Å². The molecule has 0 saturated heterocycles. The highest BCUT2D eigenvalue weighted by molar-refractivity contribution is 6.11. The number of benzene rings is 2. The number of carbonyl (C=O) groups is 1. The minimum atomic E-state index is -0.788. The number of fused-ring (bicyclic) bond motifs is 5. The minimum Gasteiger partial charge on any atom is -0.491 e. The summed E-state index contributed by atoms with van der Waals surface area (Å²) in [5, 5.41) is 0. The van der Waals surface area contributed by atoms with Crippen molar-refractivity contribution >= 4 is 11.6 Å². The summed E-state index contributed by atoms with van der Waals surface area (Å²) >= 11 is 0. The van der Waals surface area contributed by atoms with Gasteiger partial charge in [-0.25, -0.2) is 0 Å². The van der Waals surface area contributed by atoms with Crippen LogP contribution in [-0.2, 0) is 10.2 Å². The average molecular weight is 351 g/mol. The second kappa shape index (κ2) is 5.40. The first-order valence-electron chi connectivity index (χ1n) is 9.09. The number of hydrogen-bond acceptors (Lipinski definition) is 4. The Hall–Kier alpha value is -2.69. The Morgan fingerprint density at radius 1 is 1.04 bits per heavy atom. The molecule has 0 aliphatic carbocycles. The van der Waals surface area contributed by atoms with Crippen LogP contribution < -0.4 is 19.1 Å². The van der Waals surface area contributed by atoms with E-state index < -0.39 is 5.41 Å². The first-order valence-corrected chi connectivity index (χ1v) is 9.09. The fraction of sp³-hybridized carbons (Fsp3) is 0.381. The first kappa shape index (κ1) is 15.6. The van der Waals surface area contributed by atoms with Crippen molar-refractivity contribution in [1.82, 2.24) is 0 Å². The van der Waals surface area contributed by atoms with E-state index in [4.69, 9.17) is 14.2 Å². The summed E-state index contributed by atoms with van der Waals surface area (Å²) in [6.07, 6.45) is 0.963. The Morgan fingerprint density at radius 3 is 2.62 bits per heavy atom. The van der Waals surface area contributed by atoms with Crippen molar-refractivity contribution in [2.45, 2.75) is 25.7 Å². The van der Waals surface area contributed by atoms with Gasteiger partial charge in [0, 0.05) is 23.9 Å². The lowest BCUT2D eigenvalue weighted by atomic mass is 9.77. The van der Waals surface area contributed by atoms with Crippen LogP contribution in [0.25, 0.3) is 0 Å². The molecule has 0 bridgehead atoms. The molecule has 3 aliphatic rings. The van der Waals surface area contributed by atoms with Gasteiger partial charge in [0.2, 0.25) is 12.7 Å². The SMILES string of the molecule is CC(C)CCN1C(=O)C2(COc3cc4c(cc32)OCO4)c2ccccc21. The van der Waals surface area contributed by atoms with Gasteiger partial charge < -0.3 is 19.1 Å². The zero-order chi connectivity index (χ0) is 17.9. The van der Waals surface area contributed by atoms with Gasteiger partial charge >= 0.3 is 0 Å². The molecular formula is C21H21NO4. The predicted octanol–water partition coefficient (Wildman–Crippen LogP) is 3.49. The Morgan fingerprint density at radius 2 is 1.81 bits per heavy atom. The van der Waals surface area contributed by atoms with Gasteiger partial charge in [-0.1, -0.05) is 32.0 Å². The van der Waals surface area contributed by atoms with E-state index in [0.29, 0.717) is 29.8 Å². The monoisotopic (exact) mass is 351 g/mol. The van der Waals surface area contributed by atoms with Gasteiger partial charge in [-0.3, -0.25) is 4.79 Å². The Labute approximate surface area is 152 Å². The molecule has 1 spiro atoms. The molecule has 134 valence electrons. The lowest BCUT2D eigenvalue weighted by Crippen LogP contribution is -2.43. The fourth-order valence-corrected chi connectivity index (χ4v) is 4.17. The summed E-state index contributed by atoms with van der Waals surface area (Å²) < 4.78 is 17.0. The van der Waals surface area contributed by atoms with Crippen LogP contribution in [0, 0.1) is 5.92 Å². The first-order chi connectivity index (χ1) is 12.6. The molecule has 3 heterocycles. The third-order valence-electron chi connectivity index (χ3n) is 5.57. The predicted molar refractivity (Wildman–Crippen MR) is 97.1 cm³/mol. The number of rotatable bonds is 3. The number of carbonyl (C=O) groups excluding carboxylic acids is 1. The van der Waals surface area contributed by atoms with Crippen molar-refractivity contribution in [3.8, 4) is 17.2 Å². The second-order valence-electron chi connectivity index (χ2n) is 7.55. The molecule has 0 N–H and O–H groups in total. The number of anilines is 1. The highest BCUT2D eigenvalue weighted by Gasteiger charge is 2.57. The zero-order valence-electron chi connectivity index (χ0n) is 15.0. The standard InChI is InChI=1S/C21H21NO4/c1-13(2)7-8-22-16-6-4-3-5-14(16)21(20(22)23)11-24-17-10-19-18(9-15(17)21)25-12-26-19/h3-6,9-10,13H,7-8,11-12H2,1-2H3. The van der Waals surface area contributed by atoms with Crippen LogP contribution in [0.2, 0.25) is 0 Å². The molecule has 2 aromatic carbocycles. The summed E-state index contributed by atoms with van der Waals surface area (Å²) in [5.74, 6) is 2.70. The Balaban J connectivity index is 1.66. The van der Waals surface area contributed by atoms with Crippen LogP contribution in [-0.4, -0.2) is 25.9 Å². The van der Waals surface area contributed by atoms with Gasteiger partial charge in [0.25, 0.3) is 0 Å². The van der Waals surface area contributed by atoms with E-state index in [1.54, 1.807) is 0 Å². The van der Waals surface area contributed by atoms with E-state index in [0.717, 1.165) is 29.8 Å². The van der Waals surface area contributed by atoms with Crippen molar-refractivity contribution in [2.75, 3.05) is 24.8 Å². The van der Waals surface area contributed by atoms with Crippen LogP contribution in [0.15, 0.2) is 36.4 Å². The lowest BCUT2D eigenvalue weighted by molar-refractivity contribution is -0.122. The topological polar surface area (TPSA) is 48.0 Å². The maximum Gasteiger partial charge on any atom is 0.245 e. The van der Waals surface area contributed by atoms with Gasteiger partial charge in [0.1, 0.15) is 17.8 Å². The van der Waals surface area contributed by atoms with Crippen molar-refractivity contribution in [1.29, 1.82) is 0 Å². The summed E-state index contributed by atoms with van der Waals surface area (Å²) in [6, 6.07) is 11.8. The molecule has 0 radical (unpaired) electrons. The number of amides is 1. The van der Waals surface area contributed by atoms with Crippen LogP contribution in [0.1, 0.15) is 31.4 Å². The number of para-hydroxylation sites is 1. The summed E-state index contributed by atoms with van der Waals surface area (Å²) in [7, 11) is 0. The maximum absolute atomic E-state index is 13.6. The van der Waals surface area contributed by atoms with Crippen molar-refractivity contribution < 1.29 is 19.0 Å². The molecule has 3 aliphatic heterocycles. The number of nitrogens with zero attached hydrogens (tertiary/aromatic N) is 1. The van der Waals surface area contributed by atoms with E-state index in [9.17, 15) is 4.79 Å². The van der Waals surface area contributed by atoms with Gasteiger partial charge in [0.15, 0.2) is 11.5 Å². The number of ether oxygens (including phenoxy) is 3. The van der Waals surface area contributed by atoms with Crippen molar-refractivity contribution in [3.05, 3.63) is 47.5 Å². The van der Waals surface area contributed by atoms with Gasteiger partial charge in [-0.15, -0.1) is 0 Å². The third-order valence-corrected chi connectivity index (χ3v) is 5.57. The molecular weight excluding hydrogens is 330 g/mol. The third kappa shape index (κ3) is 1.94. The molecule has 2 aromatic rings. The summed E-state index contributed by atoms with van der Waals surface area (Å²) in [6.45, 7) is 5.60. The maximum atomic E-state index is 13.6. The Bertz CT molecular complexity index is 907. The van der Waals surface area contributed by atoms with Crippen LogP contribution in [0.5, 0.6) is 17.2 Å². The summed E-state index contributed by atoms with van der Waals surface area (Å²) in [4.78, 5) is 15.6. The van der Waals surface area contributed by atoms with Crippen LogP contribution in [0.3, 0.4) is 0 Å². The molecule has 1 unspecified atom stereocenters. The molecule has 26 heavy (non-hydrogen) atoms. The molecule has 1 amide bonds. The Kier molecular flexibility index (Phi) is 3.23. The summed E-state index contributed by atoms with van der Waals surface area (Å²) in [5.41, 5.74) is 2.11. The zero-order valence-corrected chi connectivity index (χ0v) is 15.0. The molecule has 0 aromatic heterocycles. The van der Waals surface area contributed by atoms with E-state index in [1.807, 2.05) is 41.3 Å². The van der Waals surface area contributed by atoms with E-state index in [1.165, 1.54) is 0 Å². The van der Waals surface area contributed by atoms with E-state index >= 15 is 0 Å². The molecule has 5 heteroatoms. The van der Waals surface area contributed by atoms with E-state index in [-0.39, 0.29) is 12.7 Å². The van der Waals surface area contributed by atoms with Gasteiger partial charge in [-0.2, -0.15) is 0 Å². The van der Waals surface area contributed by atoms with Crippen molar-refractivity contribution in [2.24, 2.45) is 5.92 Å². The largest absolute Gasteiger partial charge is 0.491 e. The highest BCUT2D eigenvalue weighted by atomic mass is 16.7. The highest BCUT2D eigenvalue weighted by Crippen LogP contribution is 2.54. The average Bonchev–Trinajstić information content (AvgIpc) is 3.29. The molecule has 5 rings (SSSR count). The smallest absolute Gasteiger partial charge is 0.245 e. The van der Waals surface area contributed by atoms with Gasteiger partial charge in [-0.05, 0) is 30.0 Å². The quantitative estimate of drug-likeness (QED) is 0.849. The second-order valence-corrected chi connectivity index (χ2v) is 7.55. The lowest BCUT2D eigenvalue weighted by Gasteiger charge is -2.23. The van der Waals surface area contributed by atoms with Gasteiger partial charge in [0.05, 0.1) is 0 Å². The normalized spacial score (nSPS) is 22.1. The van der Waals surface area contributed by atoms with Crippen molar-refractivity contribution in [3.63, 3.8) is 0 Å². The van der Waals surface area contributed by atoms with Crippen LogP contribution >= 0.6 is 0 Å². The fourth-order valence-electron chi connectivity index (χ4n) is 4.17. The minimum absolute atomic E-state index is 0.0944. The van der Waals surface area contributed by atoms with E-state index in [2.05, 4.69) is 13.8 Å². The molecule has 5 nitrogen and oxygen atoms in total. The molecule has 0 saturated carbocycles.